The Morgan fingerprint density at radius 2 is 2.06 bits per heavy atom. The fraction of sp³-hybridized carbons (Fsp3) is 0.909. The van der Waals surface area contributed by atoms with Gasteiger partial charge in [0.25, 0.3) is 0 Å². The summed E-state index contributed by atoms with van der Waals surface area (Å²) in [5.74, 6) is -0.221. The zero-order valence-electron chi connectivity index (χ0n) is 10.8. The minimum absolute atomic E-state index is 0.00329. The van der Waals surface area contributed by atoms with Gasteiger partial charge in [-0.15, -0.1) is 0 Å². The van der Waals surface area contributed by atoms with Crippen molar-refractivity contribution in [2.45, 2.75) is 50.4 Å². The molecule has 0 radical (unpaired) electrons. The number of hydrogen-bond acceptors (Lipinski definition) is 4. The molecule has 1 fully saturated rings. The van der Waals surface area contributed by atoms with E-state index in [1.54, 1.807) is 13.8 Å². The topological polar surface area (TPSA) is 109 Å². The summed E-state index contributed by atoms with van der Waals surface area (Å²) in [5.41, 5.74) is 5.84. The Hall–Kier alpha value is -0.820. The van der Waals surface area contributed by atoms with Gasteiger partial charge in [0.15, 0.2) is 9.84 Å². The first kappa shape index (κ1) is 15.2. The van der Waals surface area contributed by atoms with Gasteiger partial charge in [0.1, 0.15) is 0 Å². The highest BCUT2D eigenvalue weighted by Gasteiger charge is 2.34. The fourth-order valence-electron chi connectivity index (χ4n) is 2.32. The van der Waals surface area contributed by atoms with Crippen LogP contribution in [-0.2, 0) is 9.84 Å². The summed E-state index contributed by atoms with van der Waals surface area (Å²) in [5, 5.41) is 10.7. The second-order valence-corrected chi connectivity index (χ2v) is 7.87. The third-order valence-electron chi connectivity index (χ3n) is 3.50. The number of hydrogen-bond donors (Lipinski definition) is 3. The first-order valence-electron chi connectivity index (χ1n) is 6.19. The van der Waals surface area contributed by atoms with Crippen molar-refractivity contribution in [3.63, 3.8) is 0 Å². The molecule has 1 saturated carbocycles. The molecule has 6 nitrogen and oxygen atoms in total. The van der Waals surface area contributed by atoms with Crippen LogP contribution in [0.3, 0.4) is 0 Å². The van der Waals surface area contributed by atoms with Crippen LogP contribution >= 0.6 is 0 Å². The van der Waals surface area contributed by atoms with Crippen LogP contribution in [0.4, 0.5) is 4.79 Å². The smallest absolute Gasteiger partial charge is 0.404 e. The van der Waals surface area contributed by atoms with Crippen molar-refractivity contribution in [3.05, 3.63) is 0 Å². The molecule has 0 bridgehead atoms. The van der Waals surface area contributed by atoms with Crippen LogP contribution in [0, 0.1) is 5.92 Å². The van der Waals surface area contributed by atoms with E-state index in [4.69, 9.17) is 10.8 Å². The van der Waals surface area contributed by atoms with E-state index in [0.29, 0.717) is 12.8 Å². The van der Waals surface area contributed by atoms with E-state index in [1.807, 2.05) is 0 Å². The molecule has 0 aliphatic heterocycles. The Balaban J connectivity index is 2.76. The maximum Gasteiger partial charge on any atom is 0.404 e. The Kier molecular flexibility index (Phi) is 4.98. The second kappa shape index (κ2) is 5.88. The van der Waals surface area contributed by atoms with Crippen molar-refractivity contribution in [2.24, 2.45) is 11.7 Å². The Morgan fingerprint density at radius 1 is 1.44 bits per heavy atom. The van der Waals surface area contributed by atoms with Gasteiger partial charge in [-0.1, -0.05) is 0 Å². The van der Waals surface area contributed by atoms with E-state index in [-0.39, 0.29) is 23.8 Å². The summed E-state index contributed by atoms with van der Waals surface area (Å²) in [6.45, 7) is 3.27. The van der Waals surface area contributed by atoms with E-state index >= 15 is 0 Å². The standard InChI is InChI=1S/C11H22N2O4S/c1-7(2)18(16,17)6-8-5-9(12)3-4-10(8)13-11(14)15/h7-10,13H,3-6,12H2,1-2H3,(H,14,15)/t8-,9+,10-/m0/s1. The van der Waals surface area contributed by atoms with Gasteiger partial charge in [-0.2, -0.15) is 0 Å². The Morgan fingerprint density at radius 3 is 2.56 bits per heavy atom. The summed E-state index contributed by atoms with van der Waals surface area (Å²) in [4.78, 5) is 10.7. The van der Waals surface area contributed by atoms with Crippen molar-refractivity contribution >= 4 is 15.9 Å². The number of amides is 1. The molecule has 0 aromatic rings. The lowest BCUT2D eigenvalue weighted by molar-refractivity contribution is 0.175. The van der Waals surface area contributed by atoms with Crippen LogP contribution in [-0.4, -0.2) is 42.7 Å². The van der Waals surface area contributed by atoms with Gasteiger partial charge >= 0.3 is 6.09 Å². The molecule has 4 N–H and O–H groups in total. The van der Waals surface area contributed by atoms with Crippen LogP contribution in [0.25, 0.3) is 0 Å². The number of rotatable bonds is 4. The molecule has 1 amide bonds. The summed E-state index contributed by atoms with van der Waals surface area (Å²) >= 11 is 0. The molecule has 18 heavy (non-hydrogen) atoms. The number of sulfone groups is 1. The first-order chi connectivity index (χ1) is 8.22. The average Bonchev–Trinajstić information content (AvgIpc) is 2.21. The maximum atomic E-state index is 11.9. The predicted octanol–water partition coefficient (Wildman–Crippen LogP) is 0.573. The van der Waals surface area contributed by atoms with E-state index in [1.165, 1.54) is 0 Å². The monoisotopic (exact) mass is 278 g/mol. The lowest BCUT2D eigenvalue weighted by atomic mass is 9.83. The van der Waals surface area contributed by atoms with Crippen molar-refractivity contribution in [2.75, 3.05) is 5.75 Å². The van der Waals surface area contributed by atoms with Crippen molar-refractivity contribution in [3.8, 4) is 0 Å². The Bertz CT molecular complexity index is 394. The molecule has 0 heterocycles. The maximum absolute atomic E-state index is 11.9. The first-order valence-corrected chi connectivity index (χ1v) is 7.90. The molecular formula is C11H22N2O4S. The van der Waals surface area contributed by atoms with Gasteiger partial charge in [-0.25, -0.2) is 13.2 Å². The molecule has 0 unspecified atom stereocenters. The Labute approximate surface area is 108 Å². The lowest BCUT2D eigenvalue weighted by Gasteiger charge is -2.34. The van der Waals surface area contributed by atoms with Crippen molar-refractivity contribution in [1.82, 2.24) is 5.32 Å². The number of nitrogens with two attached hydrogens (primary N) is 1. The zero-order chi connectivity index (χ0) is 13.9. The van der Waals surface area contributed by atoms with Gasteiger partial charge in [0, 0.05) is 12.1 Å². The van der Waals surface area contributed by atoms with Gasteiger partial charge in [-0.05, 0) is 39.0 Å². The van der Waals surface area contributed by atoms with E-state index < -0.39 is 21.2 Å². The zero-order valence-corrected chi connectivity index (χ0v) is 11.6. The molecule has 7 heteroatoms. The van der Waals surface area contributed by atoms with Gasteiger partial charge in [0.2, 0.25) is 0 Å². The van der Waals surface area contributed by atoms with E-state index in [2.05, 4.69) is 5.32 Å². The van der Waals surface area contributed by atoms with Crippen molar-refractivity contribution in [1.29, 1.82) is 0 Å². The quantitative estimate of drug-likeness (QED) is 0.696. The van der Waals surface area contributed by atoms with Crippen LogP contribution in [0.1, 0.15) is 33.1 Å². The summed E-state index contributed by atoms with van der Waals surface area (Å²) in [6.07, 6.45) is 0.772. The summed E-state index contributed by atoms with van der Waals surface area (Å²) < 4.78 is 23.8. The summed E-state index contributed by atoms with van der Waals surface area (Å²) in [7, 11) is -3.18. The highest BCUT2D eigenvalue weighted by molar-refractivity contribution is 7.91. The van der Waals surface area contributed by atoms with Gasteiger partial charge < -0.3 is 16.2 Å². The molecule has 0 spiro atoms. The van der Waals surface area contributed by atoms with Gasteiger partial charge in [0.05, 0.1) is 11.0 Å². The fourth-order valence-corrected chi connectivity index (χ4v) is 3.67. The summed E-state index contributed by atoms with van der Waals surface area (Å²) in [6, 6.07) is -0.347. The normalized spacial score (nSPS) is 29.2. The molecule has 0 aromatic heterocycles. The third kappa shape index (κ3) is 4.13. The molecule has 3 atom stereocenters. The molecule has 1 aliphatic rings. The van der Waals surface area contributed by atoms with E-state index in [9.17, 15) is 13.2 Å². The number of carboxylic acid groups (broad SMARTS) is 1. The van der Waals surface area contributed by atoms with Crippen LogP contribution in [0.5, 0.6) is 0 Å². The second-order valence-electron chi connectivity index (χ2n) is 5.27. The van der Waals surface area contributed by atoms with Crippen LogP contribution < -0.4 is 11.1 Å². The predicted molar refractivity (Wildman–Crippen MR) is 69.2 cm³/mol. The highest BCUT2D eigenvalue weighted by Crippen LogP contribution is 2.26. The number of nitrogens with one attached hydrogen (secondary N) is 1. The highest BCUT2D eigenvalue weighted by atomic mass is 32.2. The van der Waals surface area contributed by atoms with E-state index in [0.717, 1.165) is 6.42 Å². The third-order valence-corrected chi connectivity index (χ3v) is 5.83. The molecule has 1 aliphatic carbocycles. The van der Waals surface area contributed by atoms with Crippen molar-refractivity contribution < 1.29 is 18.3 Å². The number of carbonyl (C=O) groups is 1. The molecule has 0 aromatic carbocycles. The SMILES string of the molecule is CC(C)S(=O)(=O)C[C@@H]1C[C@H](N)CC[C@@H]1NC(=O)O. The van der Waals surface area contributed by atoms with Crippen LogP contribution in [0.2, 0.25) is 0 Å². The molecule has 106 valence electrons. The minimum Gasteiger partial charge on any atom is -0.465 e. The van der Waals surface area contributed by atoms with Crippen LogP contribution in [0.15, 0.2) is 0 Å². The average molecular weight is 278 g/mol. The molecule has 0 saturated heterocycles. The largest absolute Gasteiger partial charge is 0.465 e. The molecule has 1 rings (SSSR count). The van der Waals surface area contributed by atoms with Gasteiger partial charge in [-0.3, -0.25) is 0 Å². The minimum atomic E-state index is -3.18. The lowest BCUT2D eigenvalue weighted by Crippen LogP contribution is -2.48. The molecular weight excluding hydrogens is 256 g/mol.